The Bertz CT molecular complexity index is 1380. The summed E-state index contributed by atoms with van der Waals surface area (Å²) < 4.78 is 28.3. The topological polar surface area (TPSA) is 130 Å². The molecule has 0 bridgehead atoms. The Balaban J connectivity index is 2.03. The summed E-state index contributed by atoms with van der Waals surface area (Å²) in [6.07, 6.45) is 0.763. The number of likely N-dealkylation sites (N-methyl/N-ethyl adjacent to an activating group) is 1. The van der Waals surface area contributed by atoms with Crippen molar-refractivity contribution < 1.29 is 22.9 Å². The number of nitro groups is 1. The Kier molecular flexibility index (Phi) is 10.2. The van der Waals surface area contributed by atoms with Crippen LogP contribution in [0.15, 0.2) is 89.8 Å². The van der Waals surface area contributed by atoms with Gasteiger partial charge in [-0.3, -0.25) is 24.0 Å². The minimum atomic E-state index is -4.29. The van der Waals surface area contributed by atoms with Gasteiger partial charge in [0.05, 0.1) is 15.5 Å². The van der Waals surface area contributed by atoms with Gasteiger partial charge in [-0.2, -0.15) is 0 Å². The van der Waals surface area contributed by atoms with Crippen LogP contribution in [0.4, 0.5) is 11.4 Å². The maximum Gasteiger partial charge on any atom is 0.271 e. The molecule has 0 aliphatic rings. The van der Waals surface area contributed by atoms with E-state index in [9.17, 15) is 28.1 Å². The van der Waals surface area contributed by atoms with Gasteiger partial charge in [0.2, 0.25) is 11.8 Å². The zero-order chi connectivity index (χ0) is 28.4. The smallest absolute Gasteiger partial charge is 0.271 e. The Morgan fingerprint density at radius 1 is 0.949 bits per heavy atom. The third kappa shape index (κ3) is 7.41. The van der Waals surface area contributed by atoms with Crippen molar-refractivity contribution >= 4 is 33.2 Å². The number of sulfonamides is 1. The zero-order valence-electron chi connectivity index (χ0n) is 21.9. The molecule has 3 rings (SSSR count). The summed E-state index contributed by atoms with van der Waals surface area (Å²) in [6.45, 7) is 3.45. The Morgan fingerprint density at radius 2 is 1.59 bits per heavy atom. The molecule has 0 saturated carbocycles. The maximum atomic E-state index is 13.9. The lowest BCUT2D eigenvalue weighted by Crippen LogP contribution is -2.53. The second-order valence-electron chi connectivity index (χ2n) is 8.74. The molecule has 206 valence electrons. The first kappa shape index (κ1) is 29.3. The minimum absolute atomic E-state index is 0.0320. The predicted octanol–water partition coefficient (Wildman–Crippen LogP) is 3.78. The summed E-state index contributed by atoms with van der Waals surface area (Å²) in [6, 6.07) is 21.3. The summed E-state index contributed by atoms with van der Waals surface area (Å²) in [4.78, 5) is 38.9. The Morgan fingerprint density at radius 3 is 2.18 bits per heavy atom. The van der Waals surface area contributed by atoms with Gasteiger partial charge >= 0.3 is 0 Å². The van der Waals surface area contributed by atoms with Crippen molar-refractivity contribution in [1.82, 2.24) is 10.2 Å². The predicted molar refractivity (Wildman–Crippen MR) is 149 cm³/mol. The van der Waals surface area contributed by atoms with Crippen molar-refractivity contribution in [2.24, 2.45) is 0 Å². The fourth-order valence-corrected chi connectivity index (χ4v) is 5.63. The summed E-state index contributed by atoms with van der Waals surface area (Å²) in [5.74, 6) is -0.940. The van der Waals surface area contributed by atoms with E-state index in [0.717, 1.165) is 15.9 Å². The number of hydrogen-bond donors (Lipinski definition) is 1. The average Bonchev–Trinajstić information content (AvgIpc) is 2.94. The number of amides is 2. The number of nitro benzene ring substituents is 1. The third-order valence-electron chi connectivity index (χ3n) is 6.16. The van der Waals surface area contributed by atoms with Crippen molar-refractivity contribution in [2.75, 3.05) is 23.9 Å². The van der Waals surface area contributed by atoms with Crippen LogP contribution in [0.2, 0.25) is 0 Å². The summed E-state index contributed by atoms with van der Waals surface area (Å²) in [7, 11) is -4.29. The van der Waals surface area contributed by atoms with Crippen molar-refractivity contribution in [1.29, 1.82) is 0 Å². The van der Waals surface area contributed by atoms with Gasteiger partial charge in [0, 0.05) is 25.2 Å². The van der Waals surface area contributed by atoms with Gasteiger partial charge < -0.3 is 10.2 Å². The van der Waals surface area contributed by atoms with E-state index in [1.165, 1.54) is 35.2 Å². The van der Waals surface area contributed by atoms with Crippen molar-refractivity contribution in [3.8, 4) is 0 Å². The van der Waals surface area contributed by atoms with Gasteiger partial charge in [0.1, 0.15) is 12.6 Å². The summed E-state index contributed by atoms with van der Waals surface area (Å²) in [5, 5.41) is 14.2. The normalized spacial score (nSPS) is 11.8. The number of carbonyl (C=O) groups is 2. The molecule has 0 aliphatic carbocycles. The minimum Gasteiger partial charge on any atom is -0.355 e. The van der Waals surface area contributed by atoms with E-state index in [4.69, 9.17) is 0 Å². The molecule has 0 radical (unpaired) electrons. The number of carbonyl (C=O) groups excluding carboxylic acids is 2. The lowest BCUT2D eigenvalue weighted by molar-refractivity contribution is -0.384. The van der Waals surface area contributed by atoms with Gasteiger partial charge in [-0.25, -0.2) is 8.42 Å². The quantitative estimate of drug-likeness (QED) is 0.254. The maximum absolute atomic E-state index is 13.9. The Labute approximate surface area is 228 Å². The monoisotopic (exact) mass is 552 g/mol. The second kappa shape index (κ2) is 13.5. The number of nitrogens with zero attached hydrogens (tertiary/aromatic N) is 3. The van der Waals surface area contributed by atoms with Crippen LogP contribution < -0.4 is 9.62 Å². The van der Waals surface area contributed by atoms with E-state index in [0.29, 0.717) is 19.4 Å². The van der Waals surface area contributed by atoms with Gasteiger partial charge in [-0.1, -0.05) is 61.5 Å². The molecule has 1 atom stereocenters. The van der Waals surface area contributed by atoms with Crippen LogP contribution in [0.1, 0.15) is 25.8 Å². The molecular formula is C28H32N4O6S. The highest BCUT2D eigenvalue weighted by atomic mass is 32.2. The van der Waals surface area contributed by atoms with Crippen molar-refractivity contribution in [3.63, 3.8) is 0 Å². The highest BCUT2D eigenvalue weighted by molar-refractivity contribution is 7.92. The lowest BCUT2D eigenvalue weighted by Gasteiger charge is -2.33. The van der Waals surface area contributed by atoms with Crippen LogP contribution in [-0.4, -0.2) is 55.7 Å². The fourth-order valence-electron chi connectivity index (χ4n) is 4.20. The van der Waals surface area contributed by atoms with E-state index in [2.05, 4.69) is 5.32 Å². The first-order valence-corrected chi connectivity index (χ1v) is 14.1. The zero-order valence-corrected chi connectivity index (χ0v) is 22.7. The molecule has 39 heavy (non-hydrogen) atoms. The molecule has 0 aliphatic heterocycles. The van der Waals surface area contributed by atoms with Crippen LogP contribution in [0.3, 0.4) is 0 Å². The molecule has 0 spiro atoms. The van der Waals surface area contributed by atoms with E-state index in [1.807, 2.05) is 30.3 Å². The highest BCUT2D eigenvalue weighted by Crippen LogP contribution is 2.27. The van der Waals surface area contributed by atoms with Gasteiger partial charge in [-0.05, 0) is 43.5 Å². The van der Waals surface area contributed by atoms with Gasteiger partial charge in [-0.15, -0.1) is 0 Å². The average molecular weight is 553 g/mol. The number of hydrogen-bond acceptors (Lipinski definition) is 6. The van der Waals surface area contributed by atoms with Crippen LogP contribution >= 0.6 is 0 Å². The van der Waals surface area contributed by atoms with E-state index >= 15 is 0 Å². The Hall–Kier alpha value is -4.25. The molecule has 11 heteroatoms. The molecule has 1 N–H and O–H groups in total. The molecule has 0 aromatic heterocycles. The van der Waals surface area contributed by atoms with E-state index in [-0.39, 0.29) is 28.7 Å². The van der Waals surface area contributed by atoms with Crippen LogP contribution in [0.25, 0.3) is 0 Å². The molecule has 2 amide bonds. The molecule has 0 heterocycles. The molecule has 0 fully saturated rings. The SMILES string of the molecule is CCNC(=O)[C@H](CC)N(CCc1ccccc1)C(=O)CN(c1cccc([N+](=O)[O-])c1)S(=O)(=O)c1ccccc1. The molecule has 0 unspecified atom stereocenters. The van der Waals surface area contributed by atoms with E-state index < -0.39 is 33.4 Å². The van der Waals surface area contributed by atoms with Gasteiger partial charge in [0.25, 0.3) is 15.7 Å². The van der Waals surface area contributed by atoms with Crippen LogP contribution in [0.5, 0.6) is 0 Å². The highest BCUT2D eigenvalue weighted by Gasteiger charge is 2.33. The molecule has 10 nitrogen and oxygen atoms in total. The van der Waals surface area contributed by atoms with Crippen molar-refractivity contribution in [3.05, 3.63) is 101 Å². The summed E-state index contributed by atoms with van der Waals surface area (Å²) >= 11 is 0. The van der Waals surface area contributed by atoms with Crippen LogP contribution in [0, 0.1) is 10.1 Å². The molecule has 3 aromatic rings. The van der Waals surface area contributed by atoms with Gasteiger partial charge in [0.15, 0.2) is 0 Å². The number of non-ortho nitro benzene ring substituents is 1. The number of benzene rings is 3. The first-order chi connectivity index (χ1) is 18.7. The second-order valence-corrected chi connectivity index (χ2v) is 10.6. The molecule has 0 saturated heterocycles. The molecule has 3 aromatic carbocycles. The summed E-state index contributed by atoms with van der Waals surface area (Å²) in [5.41, 5.74) is 0.604. The van der Waals surface area contributed by atoms with E-state index in [1.54, 1.807) is 32.0 Å². The number of nitrogens with one attached hydrogen (secondary N) is 1. The van der Waals surface area contributed by atoms with Crippen molar-refractivity contribution in [2.45, 2.75) is 37.6 Å². The first-order valence-electron chi connectivity index (χ1n) is 12.6. The fraction of sp³-hybridized carbons (Fsp3) is 0.286. The standard InChI is InChI=1S/C28H32N4O6S/c1-3-26(28(34)29-4-2)30(19-18-22-12-7-5-8-13-22)27(33)21-31(23-14-11-15-24(20-23)32(35)36)39(37,38)25-16-9-6-10-17-25/h5-17,20,26H,3-4,18-19,21H2,1-2H3,(H,29,34)/t26-/m0/s1. The molecular weight excluding hydrogens is 520 g/mol. The lowest BCUT2D eigenvalue weighted by atomic mass is 10.1. The van der Waals surface area contributed by atoms with Crippen LogP contribution in [-0.2, 0) is 26.0 Å². The third-order valence-corrected chi connectivity index (χ3v) is 7.95. The largest absolute Gasteiger partial charge is 0.355 e. The number of rotatable bonds is 13. The number of anilines is 1.